The first kappa shape index (κ1) is 31.6. The molecule has 42 heavy (non-hydrogen) atoms. The molecule has 1 unspecified atom stereocenters. The summed E-state index contributed by atoms with van der Waals surface area (Å²) in [6.45, 7) is 5.81. The molecule has 0 aromatic heterocycles. The van der Waals surface area contributed by atoms with E-state index in [2.05, 4.69) is 33.0 Å². The van der Waals surface area contributed by atoms with Crippen molar-refractivity contribution in [3.05, 3.63) is 87.9 Å². The summed E-state index contributed by atoms with van der Waals surface area (Å²) in [6, 6.07) is 21.5. The third-order valence-corrected chi connectivity index (χ3v) is 7.94. The van der Waals surface area contributed by atoms with Crippen molar-refractivity contribution >= 4 is 52.2 Å². The maximum absolute atomic E-state index is 13.0. The molecular weight excluding hydrogens is 573 g/mol. The van der Waals surface area contributed by atoms with Crippen LogP contribution in [0.25, 0.3) is 0 Å². The minimum Gasteiger partial charge on any atom is -0.383 e. The molecular formula is C32H39Cl2N5O3. The predicted octanol–water partition coefficient (Wildman–Crippen LogP) is 6.61. The van der Waals surface area contributed by atoms with Crippen molar-refractivity contribution in [1.82, 2.24) is 10.2 Å². The van der Waals surface area contributed by atoms with Crippen LogP contribution in [0.5, 0.6) is 0 Å². The lowest BCUT2D eigenvalue weighted by molar-refractivity contribution is -0.116. The average Bonchev–Trinajstić information content (AvgIpc) is 3.00. The Balaban J connectivity index is 1.22. The fourth-order valence-electron chi connectivity index (χ4n) is 4.89. The molecule has 3 aromatic rings. The van der Waals surface area contributed by atoms with Gasteiger partial charge < -0.3 is 30.5 Å². The number of nitrogens with zero attached hydrogens (tertiary/aromatic N) is 2. The van der Waals surface area contributed by atoms with Crippen molar-refractivity contribution in [3.63, 3.8) is 0 Å². The summed E-state index contributed by atoms with van der Waals surface area (Å²) in [5.41, 5.74) is 4.41. The molecule has 0 bridgehead atoms. The van der Waals surface area contributed by atoms with Gasteiger partial charge >= 0.3 is 6.03 Å². The van der Waals surface area contributed by atoms with Crippen LogP contribution in [0.4, 0.5) is 21.9 Å². The number of carbonyl (C=O) groups is 2. The molecule has 1 saturated heterocycles. The highest BCUT2D eigenvalue weighted by molar-refractivity contribution is 6.39. The van der Waals surface area contributed by atoms with Gasteiger partial charge in [-0.1, -0.05) is 53.5 Å². The number of ether oxygens (including phenoxy) is 1. The fraction of sp³-hybridized carbons (Fsp3) is 0.375. The molecule has 0 radical (unpaired) electrons. The number of rotatable bonds is 12. The van der Waals surface area contributed by atoms with Crippen LogP contribution < -0.4 is 20.9 Å². The zero-order chi connectivity index (χ0) is 29.9. The number of benzene rings is 3. The first-order valence-corrected chi connectivity index (χ1v) is 15.1. The van der Waals surface area contributed by atoms with Crippen LogP contribution in [0.2, 0.25) is 10.0 Å². The Kier molecular flexibility index (Phi) is 11.9. The van der Waals surface area contributed by atoms with Gasteiger partial charge in [0.25, 0.3) is 0 Å². The Bertz CT molecular complexity index is 1290. The van der Waals surface area contributed by atoms with Gasteiger partial charge in [0.2, 0.25) is 5.91 Å². The summed E-state index contributed by atoms with van der Waals surface area (Å²) in [6.07, 6.45) is 2.17. The quantitative estimate of drug-likeness (QED) is 0.201. The summed E-state index contributed by atoms with van der Waals surface area (Å²) in [5.74, 6) is 0.0152. The number of urea groups is 1. The molecule has 3 aromatic carbocycles. The van der Waals surface area contributed by atoms with Crippen molar-refractivity contribution in [1.29, 1.82) is 0 Å². The van der Waals surface area contributed by atoms with Gasteiger partial charge in [-0.25, -0.2) is 4.79 Å². The van der Waals surface area contributed by atoms with Gasteiger partial charge in [-0.05, 0) is 67.3 Å². The van der Waals surface area contributed by atoms with Crippen molar-refractivity contribution in [2.24, 2.45) is 0 Å². The third-order valence-electron chi connectivity index (χ3n) is 7.35. The van der Waals surface area contributed by atoms with E-state index in [0.717, 1.165) is 29.8 Å². The molecule has 224 valence electrons. The second kappa shape index (κ2) is 15.8. The molecule has 1 heterocycles. The molecule has 4 rings (SSSR count). The number of halogens is 2. The molecule has 1 fully saturated rings. The Morgan fingerprint density at radius 3 is 2.24 bits per heavy atom. The number of hydrogen-bond donors (Lipinski definition) is 3. The lowest BCUT2D eigenvalue weighted by atomic mass is 10.1. The van der Waals surface area contributed by atoms with Gasteiger partial charge in [-0.15, -0.1) is 0 Å². The second-order valence-corrected chi connectivity index (χ2v) is 11.2. The fourth-order valence-corrected chi connectivity index (χ4v) is 5.49. The minimum atomic E-state index is -0.234. The lowest BCUT2D eigenvalue weighted by Gasteiger charge is -2.36. The highest BCUT2D eigenvalue weighted by atomic mass is 35.5. The Hall–Kier alpha value is -3.30. The molecule has 0 spiro atoms. The number of methoxy groups -OCH3 is 1. The first-order valence-electron chi connectivity index (χ1n) is 14.3. The van der Waals surface area contributed by atoms with E-state index < -0.39 is 0 Å². The first-order chi connectivity index (χ1) is 20.3. The van der Waals surface area contributed by atoms with E-state index in [1.54, 1.807) is 12.0 Å². The Morgan fingerprint density at radius 2 is 1.60 bits per heavy atom. The molecule has 10 heteroatoms. The van der Waals surface area contributed by atoms with E-state index in [0.29, 0.717) is 61.5 Å². The standard InChI is InChI=1S/C32H39Cl2N5O3/c1-23(35-15-20-42-2)25-21-28(33)31(29(34)22-25)37-32(41)39-18-16-38(17-19-39)27-13-11-26(12-14-27)36-30(40)10-6-9-24-7-4-3-5-8-24/h3-5,7-8,11-14,21-23,35H,6,9-10,15-20H2,1-2H3,(H,36,40)(H,37,41). The Labute approximate surface area is 258 Å². The van der Waals surface area contributed by atoms with E-state index in [1.807, 2.05) is 61.5 Å². The molecule has 1 aliphatic rings. The number of amides is 3. The van der Waals surface area contributed by atoms with Gasteiger partial charge in [0.05, 0.1) is 22.3 Å². The number of nitrogens with one attached hydrogen (secondary N) is 3. The smallest absolute Gasteiger partial charge is 0.322 e. The zero-order valence-corrected chi connectivity index (χ0v) is 25.7. The van der Waals surface area contributed by atoms with Crippen LogP contribution in [0, 0.1) is 0 Å². The largest absolute Gasteiger partial charge is 0.383 e. The maximum Gasteiger partial charge on any atom is 0.322 e. The van der Waals surface area contributed by atoms with Crippen LogP contribution >= 0.6 is 23.2 Å². The van der Waals surface area contributed by atoms with E-state index in [1.165, 1.54) is 5.56 Å². The predicted molar refractivity (Wildman–Crippen MR) is 172 cm³/mol. The summed E-state index contributed by atoms with van der Waals surface area (Å²) in [5, 5.41) is 10.0. The van der Waals surface area contributed by atoms with Crippen LogP contribution in [-0.4, -0.2) is 63.3 Å². The number of anilines is 3. The minimum absolute atomic E-state index is 0.0152. The molecule has 1 atom stereocenters. The highest BCUT2D eigenvalue weighted by Gasteiger charge is 2.23. The normalized spacial score (nSPS) is 14.0. The number of piperazine rings is 1. The summed E-state index contributed by atoms with van der Waals surface area (Å²) in [4.78, 5) is 29.4. The zero-order valence-electron chi connectivity index (χ0n) is 24.2. The third kappa shape index (κ3) is 9.10. The summed E-state index contributed by atoms with van der Waals surface area (Å²) < 4.78 is 5.08. The van der Waals surface area contributed by atoms with E-state index in [9.17, 15) is 9.59 Å². The summed E-state index contributed by atoms with van der Waals surface area (Å²) in [7, 11) is 1.66. The van der Waals surface area contributed by atoms with Crippen LogP contribution in [0.3, 0.4) is 0 Å². The van der Waals surface area contributed by atoms with E-state index in [4.69, 9.17) is 27.9 Å². The van der Waals surface area contributed by atoms with Gasteiger partial charge in [0, 0.05) is 63.7 Å². The van der Waals surface area contributed by atoms with Crippen LogP contribution in [-0.2, 0) is 16.0 Å². The van der Waals surface area contributed by atoms with Crippen LogP contribution in [0.15, 0.2) is 66.7 Å². The molecule has 3 amide bonds. The molecule has 1 aliphatic heterocycles. The molecule has 8 nitrogen and oxygen atoms in total. The molecule has 0 aliphatic carbocycles. The van der Waals surface area contributed by atoms with E-state index in [-0.39, 0.29) is 18.0 Å². The van der Waals surface area contributed by atoms with Crippen molar-refractivity contribution in [2.45, 2.75) is 32.2 Å². The van der Waals surface area contributed by atoms with Gasteiger partial charge in [0.1, 0.15) is 0 Å². The van der Waals surface area contributed by atoms with Crippen molar-refractivity contribution in [2.75, 3.05) is 62.0 Å². The highest BCUT2D eigenvalue weighted by Crippen LogP contribution is 2.34. The number of aryl methyl sites for hydroxylation is 1. The maximum atomic E-state index is 13.0. The number of carbonyl (C=O) groups excluding carboxylic acids is 2. The average molecular weight is 613 g/mol. The van der Waals surface area contributed by atoms with Crippen LogP contribution in [0.1, 0.15) is 36.9 Å². The van der Waals surface area contributed by atoms with Crippen molar-refractivity contribution in [3.8, 4) is 0 Å². The monoisotopic (exact) mass is 611 g/mol. The lowest BCUT2D eigenvalue weighted by Crippen LogP contribution is -2.50. The second-order valence-electron chi connectivity index (χ2n) is 10.4. The summed E-state index contributed by atoms with van der Waals surface area (Å²) >= 11 is 13.0. The van der Waals surface area contributed by atoms with Crippen molar-refractivity contribution < 1.29 is 14.3 Å². The molecule has 0 saturated carbocycles. The SMILES string of the molecule is COCCNC(C)c1cc(Cl)c(NC(=O)N2CCN(c3ccc(NC(=O)CCCc4ccccc4)cc3)CC2)c(Cl)c1. The molecule has 3 N–H and O–H groups in total. The van der Waals surface area contributed by atoms with Gasteiger partial charge in [-0.3, -0.25) is 4.79 Å². The van der Waals surface area contributed by atoms with Gasteiger partial charge in [0.15, 0.2) is 0 Å². The number of hydrogen-bond acceptors (Lipinski definition) is 5. The topological polar surface area (TPSA) is 85.9 Å². The Morgan fingerprint density at radius 1 is 0.929 bits per heavy atom. The van der Waals surface area contributed by atoms with Gasteiger partial charge in [-0.2, -0.15) is 0 Å². The van der Waals surface area contributed by atoms with E-state index >= 15 is 0 Å².